The van der Waals surface area contributed by atoms with E-state index in [-0.39, 0.29) is 6.04 Å². The van der Waals surface area contributed by atoms with Crippen LogP contribution in [0.5, 0.6) is 5.75 Å². The molecule has 0 radical (unpaired) electrons. The second kappa shape index (κ2) is 9.63. The van der Waals surface area contributed by atoms with Gasteiger partial charge >= 0.3 is 0 Å². The third-order valence-electron chi connectivity index (χ3n) is 6.82. The Kier molecular flexibility index (Phi) is 6.20. The maximum atomic E-state index is 12.0. The summed E-state index contributed by atoms with van der Waals surface area (Å²) in [5.74, 6) is -0.116. The molecule has 1 amide bonds. The first-order valence-electron chi connectivity index (χ1n) is 11.9. The van der Waals surface area contributed by atoms with Crippen LogP contribution >= 0.6 is 0 Å². The minimum atomic E-state index is -0.542. The second-order valence-electron chi connectivity index (χ2n) is 9.05. The zero-order chi connectivity index (χ0) is 26.1. The zero-order valence-electron chi connectivity index (χ0n) is 20.5. The largest absolute Gasteiger partial charge is 0.484 e. The predicted octanol–water partition coefficient (Wildman–Crippen LogP) is 3.13. The molecule has 1 aliphatic rings. The molecule has 3 aromatic heterocycles. The van der Waals surface area contributed by atoms with E-state index in [9.17, 15) is 10.1 Å². The molecule has 11 heteroatoms. The lowest BCUT2D eigenvalue weighted by Gasteiger charge is -2.28. The third kappa shape index (κ3) is 4.32. The molecule has 0 bridgehead atoms. The Hall–Kier alpha value is -4.90. The molecule has 186 valence electrons. The molecule has 0 spiro atoms. The number of nitrogens with two attached hydrogens (primary N) is 1. The maximum absolute atomic E-state index is 12.0. The number of likely N-dealkylation sites (tertiary alicyclic amines) is 1. The number of amides is 1. The predicted molar refractivity (Wildman–Crippen MR) is 133 cm³/mol. The van der Waals surface area contributed by atoms with Crippen LogP contribution in [0.3, 0.4) is 0 Å². The van der Waals surface area contributed by atoms with Crippen molar-refractivity contribution in [3.05, 3.63) is 65.1 Å². The van der Waals surface area contributed by atoms with Crippen molar-refractivity contribution >= 4 is 11.4 Å². The van der Waals surface area contributed by atoms with Crippen LogP contribution in [0.4, 0.5) is 0 Å². The van der Waals surface area contributed by atoms with Crippen molar-refractivity contribution in [2.45, 2.75) is 38.8 Å². The summed E-state index contributed by atoms with van der Waals surface area (Å²) in [6.07, 6.45) is 6.57. The number of aromatic nitrogens is 5. The van der Waals surface area contributed by atoms with Gasteiger partial charge in [-0.15, -0.1) is 5.10 Å². The van der Waals surface area contributed by atoms with E-state index in [4.69, 9.17) is 15.7 Å². The summed E-state index contributed by atoms with van der Waals surface area (Å²) in [5.41, 5.74) is 9.76. The Morgan fingerprint density at radius 2 is 2.00 bits per heavy atom. The summed E-state index contributed by atoms with van der Waals surface area (Å²) >= 11 is 0. The van der Waals surface area contributed by atoms with Gasteiger partial charge in [0, 0.05) is 36.0 Å². The van der Waals surface area contributed by atoms with Gasteiger partial charge in [0.25, 0.3) is 0 Å². The molecule has 5 rings (SSSR count). The standard InChI is InChI=1S/C26H25N9O2/c1-16-24(31-32-35(16)20-7-9-33(15-28)10-8-20)18-11-23(25-19(12-27)13-30-34(25)14-18)37-17(2)21-5-3-4-6-22(21)26(29)36/h3-6,11,13-14,17,20H,7-10H2,1-2H3,(H2,29,36). The van der Waals surface area contributed by atoms with Gasteiger partial charge in [-0.2, -0.15) is 15.6 Å². The van der Waals surface area contributed by atoms with E-state index in [0.29, 0.717) is 46.7 Å². The lowest BCUT2D eigenvalue weighted by Crippen LogP contribution is -2.31. The minimum Gasteiger partial charge on any atom is -0.484 e. The van der Waals surface area contributed by atoms with E-state index in [1.807, 2.05) is 30.7 Å². The number of piperidine rings is 1. The molecule has 1 atom stereocenters. The molecule has 0 aliphatic carbocycles. The fourth-order valence-electron chi connectivity index (χ4n) is 4.88. The Balaban J connectivity index is 1.54. The van der Waals surface area contributed by atoms with E-state index < -0.39 is 12.0 Å². The van der Waals surface area contributed by atoms with Gasteiger partial charge in [-0.3, -0.25) is 4.79 Å². The number of rotatable bonds is 6. The first-order valence-corrected chi connectivity index (χ1v) is 11.9. The van der Waals surface area contributed by atoms with Gasteiger partial charge in [0.15, 0.2) is 6.19 Å². The normalized spacial score (nSPS) is 14.8. The number of benzene rings is 1. The Morgan fingerprint density at radius 3 is 2.70 bits per heavy atom. The fourth-order valence-corrected chi connectivity index (χ4v) is 4.88. The van der Waals surface area contributed by atoms with Gasteiger partial charge < -0.3 is 15.4 Å². The zero-order valence-corrected chi connectivity index (χ0v) is 20.5. The average Bonchev–Trinajstić information content (AvgIpc) is 3.51. The highest BCUT2D eigenvalue weighted by Crippen LogP contribution is 2.35. The smallest absolute Gasteiger partial charge is 0.249 e. The Morgan fingerprint density at radius 1 is 1.24 bits per heavy atom. The monoisotopic (exact) mass is 495 g/mol. The second-order valence-corrected chi connectivity index (χ2v) is 9.05. The summed E-state index contributed by atoms with van der Waals surface area (Å²) in [6, 6.07) is 11.2. The molecule has 1 aromatic carbocycles. The van der Waals surface area contributed by atoms with Crippen molar-refractivity contribution in [3.8, 4) is 29.3 Å². The van der Waals surface area contributed by atoms with Crippen LogP contribution in [0.15, 0.2) is 42.7 Å². The molecule has 1 fully saturated rings. The van der Waals surface area contributed by atoms with Crippen LogP contribution in [0.25, 0.3) is 16.8 Å². The number of nitriles is 2. The average molecular weight is 496 g/mol. The SMILES string of the molecule is Cc1c(-c2cc(OC(C)c3ccccc3C(N)=O)c3c(C#N)cnn3c2)nnn1C1CCN(C#N)CC1. The number of hydrogen-bond donors (Lipinski definition) is 1. The van der Waals surface area contributed by atoms with Crippen molar-refractivity contribution in [2.24, 2.45) is 5.73 Å². The van der Waals surface area contributed by atoms with E-state index >= 15 is 0 Å². The first kappa shape index (κ1) is 23.8. The van der Waals surface area contributed by atoms with Gasteiger partial charge in [0.05, 0.1) is 17.9 Å². The van der Waals surface area contributed by atoms with Crippen molar-refractivity contribution in [3.63, 3.8) is 0 Å². The minimum absolute atomic E-state index is 0.158. The number of primary amides is 1. The Bertz CT molecular complexity index is 1570. The van der Waals surface area contributed by atoms with Crippen molar-refractivity contribution in [1.29, 1.82) is 10.5 Å². The topological polar surface area (TPSA) is 151 Å². The number of ether oxygens (including phenoxy) is 1. The van der Waals surface area contributed by atoms with E-state index in [1.54, 1.807) is 33.8 Å². The first-order chi connectivity index (χ1) is 17.9. The van der Waals surface area contributed by atoms with Crippen molar-refractivity contribution < 1.29 is 9.53 Å². The fraction of sp³-hybridized carbons (Fsp3) is 0.308. The van der Waals surface area contributed by atoms with Crippen molar-refractivity contribution in [1.82, 2.24) is 29.5 Å². The van der Waals surface area contributed by atoms with E-state index in [1.165, 1.54) is 6.20 Å². The summed E-state index contributed by atoms with van der Waals surface area (Å²) in [6.45, 7) is 5.16. The van der Waals surface area contributed by atoms with Crippen LogP contribution in [-0.2, 0) is 0 Å². The van der Waals surface area contributed by atoms with Gasteiger partial charge in [-0.05, 0) is 38.8 Å². The summed E-state index contributed by atoms with van der Waals surface area (Å²) in [5, 5.41) is 32.0. The molecule has 1 unspecified atom stereocenters. The van der Waals surface area contributed by atoms with Gasteiger partial charge in [0.2, 0.25) is 5.91 Å². The molecular weight excluding hydrogens is 470 g/mol. The number of hydrogen-bond acceptors (Lipinski definition) is 8. The third-order valence-corrected chi connectivity index (χ3v) is 6.82. The number of carbonyl (C=O) groups excluding carboxylic acids is 1. The molecule has 1 saturated heterocycles. The van der Waals surface area contributed by atoms with Crippen molar-refractivity contribution in [2.75, 3.05) is 13.1 Å². The lowest BCUT2D eigenvalue weighted by atomic mass is 10.0. The highest BCUT2D eigenvalue weighted by molar-refractivity contribution is 5.94. The number of fused-ring (bicyclic) bond motifs is 1. The molecule has 4 heterocycles. The molecule has 0 saturated carbocycles. The summed E-state index contributed by atoms with van der Waals surface area (Å²) in [7, 11) is 0. The summed E-state index contributed by atoms with van der Waals surface area (Å²) < 4.78 is 9.86. The quantitative estimate of drug-likeness (QED) is 0.401. The molecule has 11 nitrogen and oxygen atoms in total. The molecular formula is C26H25N9O2. The molecule has 4 aromatic rings. The van der Waals surface area contributed by atoms with Crippen LogP contribution < -0.4 is 10.5 Å². The van der Waals surface area contributed by atoms with Gasteiger partial charge in [-0.25, -0.2) is 9.20 Å². The number of nitrogens with zero attached hydrogens (tertiary/aromatic N) is 8. The van der Waals surface area contributed by atoms with E-state index in [0.717, 1.165) is 24.1 Å². The highest BCUT2D eigenvalue weighted by atomic mass is 16.5. The highest BCUT2D eigenvalue weighted by Gasteiger charge is 2.25. The van der Waals surface area contributed by atoms with E-state index in [2.05, 4.69) is 27.7 Å². The van der Waals surface area contributed by atoms with Crippen LogP contribution in [0.2, 0.25) is 0 Å². The number of pyridine rings is 1. The van der Waals surface area contributed by atoms with Crippen LogP contribution in [0.1, 0.15) is 59.1 Å². The Labute approximate surface area is 213 Å². The maximum Gasteiger partial charge on any atom is 0.249 e. The molecule has 37 heavy (non-hydrogen) atoms. The molecule has 1 aliphatic heterocycles. The molecule has 2 N–H and O–H groups in total. The van der Waals surface area contributed by atoms with Crippen LogP contribution in [0, 0.1) is 29.7 Å². The summed E-state index contributed by atoms with van der Waals surface area (Å²) in [4.78, 5) is 13.7. The number of carbonyl (C=O) groups is 1. The van der Waals surface area contributed by atoms with Crippen LogP contribution in [-0.4, -0.2) is 48.5 Å². The van der Waals surface area contributed by atoms with Gasteiger partial charge in [-0.1, -0.05) is 23.4 Å². The lowest BCUT2D eigenvalue weighted by molar-refractivity contribution is 0.0995. The van der Waals surface area contributed by atoms with Gasteiger partial charge in [0.1, 0.15) is 34.7 Å².